The van der Waals surface area contributed by atoms with Gasteiger partial charge in [0.05, 0.1) is 17.5 Å². The molecule has 1 heterocycles. The van der Waals surface area contributed by atoms with Crippen LogP contribution in [0.4, 0.5) is 0 Å². The molecule has 1 atom stereocenters. The summed E-state index contributed by atoms with van der Waals surface area (Å²) in [6, 6.07) is 5.78. The van der Waals surface area contributed by atoms with Gasteiger partial charge in [-0.25, -0.2) is 8.42 Å². The maximum atomic E-state index is 12.8. The number of rotatable bonds is 6. The molecule has 0 aromatic heterocycles. The van der Waals surface area contributed by atoms with Crippen LogP contribution in [0.2, 0.25) is 0 Å². The van der Waals surface area contributed by atoms with E-state index in [9.17, 15) is 18.3 Å². The quantitative estimate of drug-likeness (QED) is 0.815. The maximum absolute atomic E-state index is 12.8. The van der Waals surface area contributed by atoms with Crippen molar-refractivity contribution in [1.82, 2.24) is 9.62 Å². The van der Waals surface area contributed by atoms with E-state index in [2.05, 4.69) is 5.32 Å². The van der Waals surface area contributed by atoms with Crippen LogP contribution in [0, 0.1) is 0 Å². The first-order valence-corrected chi connectivity index (χ1v) is 9.95. The van der Waals surface area contributed by atoms with Gasteiger partial charge in [0.25, 0.3) is 5.91 Å². The van der Waals surface area contributed by atoms with E-state index in [1.807, 2.05) is 6.92 Å². The van der Waals surface area contributed by atoms with Gasteiger partial charge in [-0.2, -0.15) is 4.31 Å². The third-order valence-electron chi connectivity index (χ3n) is 4.35. The van der Waals surface area contributed by atoms with Gasteiger partial charge in [-0.15, -0.1) is 0 Å². The second-order valence-corrected chi connectivity index (χ2v) is 8.05. The number of carbonyl (C=O) groups excluding carboxylic acids is 1. The topological polar surface area (TPSA) is 86.7 Å². The second-order valence-electron chi connectivity index (χ2n) is 6.11. The molecule has 0 aliphatic carbocycles. The lowest BCUT2D eigenvalue weighted by molar-refractivity contribution is 0.0914. The second kappa shape index (κ2) is 8.60. The summed E-state index contributed by atoms with van der Waals surface area (Å²) >= 11 is 0. The van der Waals surface area contributed by atoms with E-state index in [0.717, 1.165) is 25.7 Å². The van der Waals surface area contributed by atoms with Gasteiger partial charge in [0.1, 0.15) is 0 Å². The first kappa shape index (κ1) is 18.9. The van der Waals surface area contributed by atoms with E-state index in [1.54, 1.807) is 12.1 Å². The molecular weight excluding hydrogens is 328 g/mol. The summed E-state index contributed by atoms with van der Waals surface area (Å²) in [5.41, 5.74) is 0.290. The molecule has 2 rings (SSSR count). The molecule has 1 aromatic carbocycles. The first-order valence-electron chi connectivity index (χ1n) is 8.51. The molecule has 1 saturated heterocycles. The molecule has 1 unspecified atom stereocenters. The zero-order valence-electron chi connectivity index (χ0n) is 14.1. The van der Waals surface area contributed by atoms with Crippen molar-refractivity contribution in [3.05, 3.63) is 29.8 Å². The lowest BCUT2D eigenvalue weighted by Gasteiger charge is -2.20. The van der Waals surface area contributed by atoms with Crippen molar-refractivity contribution in [3.8, 4) is 0 Å². The van der Waals surface area contributed by atoms with Crippen LogP contribution in [-0.4, -0.2) is 49.5 Å². The molecule has 1 aliphatic rings. The van der Waals surface area contributed by atoms with Crippen molar-refractivity contribution >= 4 is 15.9 Å². The number of sulfonamides is 1. The number of amides is 1. The van der Waals surface area contributed by atoms with Gasteiger partial charge in [-0.1, -0.05) is 25.8 Å². The molecule has 1 aromatic rings. The van der Waals surface area contributed by atoms with Crippen LogP contribution in [0.5, 0.6) is 0 Å². The zero-order chi connectivity index (χ0) is 17.6. The molecular formula is C17H26N2O4S. The van der Waals surface area contributed by atoms with Crippen LogP contribution < -0.4 is 5.32 Å². The highest BCUT2D eigenvalue weighted by Gasteiger charge is 2.26. The Hall–Kier alpha value is -1.44. The molecule has 2 N–H and O–H groups in total. The summed E-state index contributed by atoms with van der Waals surface area (Å²) in [5.74, 6) is -0.371. The van der Waals surface area contributed by atoms with E-state index in [-0.39, 0.29) is 29.0 Å². The third-order valence-corrected chi connectivity index (χ3v) is 6.24. The van der Waals surface area contributed by atoms with Crippen LogP contribution in [0.15, 0.2) is 29.2 Å². The number of benzene rings is 1. The average Bonchev–Trinajstić information content (AvgIpc) is 2.89. The monoisotopic (exact) mass is 354 g/mol. The Morgan fingerprint density at radius 1 is 1.25 bits per heavy atom. The lowest BCUT2D eigenvalue weighted by atomic mass is 10.2. The zero-order valence-corrected chi connectivity index (χ0v) is 14.9. The molecule has 1 aliphatic heterocycles. The standard InChI is InChI=1S/C17H26N2O4S/c1-2-15(13-20)18-17(21)14-8-7-9-16(12-14)24(22,23)19-10-5-3-4-6-11-19/h7-9,12,15,20H,2-6,10-11,13H2,1H3,(H,18,21). The number of hydrogen-bond donors (Lipinski definition) is 2. The fourth-order valence-electron chi connectivity index (χ4n) is 2.77. The Morgan fingerprint density at radius 3 is 2.50 bits per heavy atom. The van der Waals surface area contributed by atoms with Crippen LogP contribution in [0.1, 0.15) is 49.4 Å². The van der Waals surface area contributed by atoms with Gasteiger partial charge < -0.3 is 10.4 Å². The number of hydrogen-bond acceptors (Lipinski definition) is 4. The largest absolute Gasteiger partial charge is 0.394 e. The molecule has 0 bridgehead atoms. The summed E-state index contributed by atoms with van der Waals surface area (Å²) in [6.45, 7) is 2.78. The minimum absolute atomic E-state index is 0.145. The molecule has 134 valence electrons. The van der Waals surface area contributed by atoms with Gasteiger partial charge in [0.2, 0.25) is 10.0 Å². The Morgan fingerprint density at radius 2 is 1.92 bits per heavy atom. The molecule has 1 fully saturated rings. The highest BCUT2D eigenvalue weighted by atomic mass is 32.2. The summed E-state index contributed by atoms with van der Waals surface area (Å²) in [7, 11) is -3.58. The van der Waals surface area contributed by atoms with Crippen molar-refractivity contribution in [2.24, 2.45) is 0 Å². The smallest absolute Gasteiger partial charge is 0.251 e. The van der Waals surface area contributed by atoms with Crippen molar-refractivity contribution < 1.29 is 18.3 Å². The molecule has 6 nitrogen and oxygen atoms in total. The summed E-state index contributed by atoms with van der Waals surface area (Å²) in [5, 5.41) is 11.9. The molecule has 1 amide bonds. The molecule has 0 radical (unpaired) electrons. The Kier molecular flexibility index (Phi) is 6.77. The van der Waals surface area contributed by atoms with E-state index in [1.165, 1.54) is 16.4 Å². The minimum Gasteiger partial charge on any atom is -0.394 e. The minimum atomic E-state index is -3.58. The van der Waals surface area contributed by atoms with E-state index in [4.69, 9.17) is 0 Å². The Labute approximate surface area is 143 Å². The predicted molar refractivity (Wildman–Crippen MR) is 92.3 cm³/mol. The summed E-state index contributed by atoms with van der Waals surface area (Å²) in [4.78, 5) is 12.4. The average molecular weight is 354 g/mol. The predicted octanol–water partition coefficient (Wildman–Crippen LogP) is 1.75. The van der Waals surface area contributed by atoms with Crippen molar-refractivity contribution in [2.75, 3.05) is 19.7 Å². The molecule has 7 heteroatoms. The molecule has 0 spiro atoms. The highest BCUT2D eigenvalue weighted by Crippen LogP contribution is 2.21. The van der Waals surface area contributed by atoms with Crippen LogP contribution in [-0.2, 0) is 10.0 Å². The third kappa shape index (κ3) is 4.55. The van der Waals surface area contributed by atoms with E-state index in [0.29, 0.717) is 19.5 Å². The summed E-state index contributed by atoms with van der Waals surface area (Å²) < 4.78 is 27.1. The molecule has 0 saturated carbocycles. The molecule has 24 heavy (non-hydrogen) atoms. The number of aliphatic hydroxyl groups is 1. The Balaban J connectivity index is 2.21. The lowest BCUT2D eigenvalue weighted by Crippen LogP contribution is -2.37. The normalized spacial score (nSPS) is 17.9. The van der Waals surface area contributed by atoms with Crippen LogP contribution >= 0.6 is 0 Å². The number of aliphatic hydroxyl groups excluding tert-OH is 1. The van der Waals surface area contributed by atoms with Crippen LogP contribution in [0.25, 0.3) is 0 Å². The highest BCUT2D eigenvalue weighted by molar-refractivity contribution is 7.89. The van der Waals surface area contributed by atoms with Gasteiger partial charge in [-0.3, -0.25) is 4.79 Å². The van der Waals surface area contributed by atoms with Gasteiger partial charge >= 0.3 is 0 Å². The number of nitrogens with one attached hydrogen (secondary N) is 1. The fraction of sp³-hybridized carbons (Fsp3) is 0.588. The van der Waals surface area contributed by atoms with Crippen molar-refractivity contribution in [2.45, 2.75) is 50.0 Å². The van der Waals surface area contributed by atoms with Crippen LogP contribution in [0.3, 0.4) is 0 Å². The number of nitrogens with zero attached hydrogens (tertiary/aromatic N) is 1. The number of carbonyl (C=O) groups is 1. The SMILES string of the molecule is CCC(CO)NC(=O)c1cccc(S(=O)(=O)N2CCCCCC2)c1. The van der Waals surface area contributed by atoms with Gasteiger partial charge in [0, 0.05) is 18.7 Å². The summed E-state index contributed by atoms with van der Waals surface area (Å²) in [6.07, 6.45) is 4.44. The Bertz CT molecular complexity index is 648. The van der Waals surface area contributed by atoms with E-state index >= 15 is 0 Å². The van der Waals surface area contributed by atoms with Gasteiger partial charge in [-0.05, 0) is 37.5 Å². The maximum Gasteiger partial charge on any atom is 0.251 e. The van der Waals surface area contributed by atoms with Gasteiger partial charge in [0.15, 0.2) is 0 Å². The van der Waals surface area contributed by atoms with Crippen molar-refractivity contribution in [1.29, 1.82) is 0 Å². The van der Waals surface area contributed by atoms with E-state index < -0.39 is 10.0 Å². The fourth-order valence-corrected chi connectivity index (χ4v) is 4.34. The first-order chi connectivity index (χ1) is 11.5. The van der Waals surface area contributed by atoms with Crippen molar-refractivity contribution in [3.63, 3.8) is 0 Å².